The number of rotatable bonds is 5. The minimum absolute atomic E-state index is 0.0320. The van der Waals surface area contributed by atoms with Gasteiger partial charge in [0.05, 0.1) is 0 Å². The van der Waals surface area contributed by atoms with Gasteiger partial charge in [0.25, 0.3) is 0 Å². The molecule has 2 aromatic heterocycles. The molecule has 0 saturated carbocycles. The van der Waals surface area contributed by atoms with Crippen LogP contribution in [0.4, 0.5) is 11.5 Å². The number of anilines is 2. The van der Waals surface area contributed by atoms with Crippen LogP contribution in [-0.4, -0.2) is 27.7 Å². The zero-order valence-electron chi connectivity index (χ0n) is 13.9. The van der Waals surface area contributed by atoms with E-state index in [0.717, 1.165) is 38.9 Å². The molecule has 2 heterocycles. The van der Waals surface area contributed by atoms with E-state index in [-0.39, 0.29) is 5.96 Å². The van der Waals surface area contributed by atoms with Gasteiger partial charge in [-0.2, -0.15) is 5.10 Å². The maximum Gasteiger partial charge on any atom is 0.185 e. The van der Waals surface area contributed by atoms with Gasteiger partial charge in [-0.3, -0.25) is 10.5 Å². The second-order valence-corrected chi connectivity index (χ2v) is 6.48. The van der Waals surface area contributed by atoms with E-state index in [4.69, 9.17) is 22.7 Å². The van der Waals surface area contributed by atoms with Gasteiger partial charge in [-0.1, -0.05) is 11.6 Å². The Balaban J connectivity index is 1.82. The largest absolute Gasteiger partial charge is 0.370 e. The number of benzene rings is 2. The van der Waals surface area contributed by atoms with Gasteiger partial charge in [-0.05, 0) is 42.3 Å². The highest BCUT2D eigenvalue weighted by Gasteiger charge is 2.12. The lowest BCUT2D eigenvalue weighted by molar-refractivity contribution is 0.857. The van der Waals surface area contributed by atoms with Crippen LogP contribution in [0.1, 0.15) is 5.56 Å². The van der Waals surface area contributed by atoms with Crippen molar-refractivity contribution in [3.05, 3.63) is 53.2 Å². The Morgan fingerprint density at radius 3 is 2.85 bits per heavy atom. The second-order valence-electron chi connectivity index (χ2n) is 6.05. The Hall–Kier alpha value is -3.19. The molecule has 0 spiro atoms. The number of halogens is 1. The highest BCUT2D eigenvalue weighted by Crippen LogP contribution is 2.33. The van der Waals surface area contributed by atoms with Crippen LogP contribution in [0.5, 0.6) is 0 Å². The number of nitrogens with zero attached hydrogens (tertiary/aromatic N) is 1. The van der Waals surface area contributed by atoms with E-state index in [0.29, 0.717) is 18.0 Å². The quantitative estimate of drug-likeness (QED) is 0.239. The summed E-state index contributed by atoms with van der Waals surface area (Å²) in [5.41, 5.74) is 9.52. The number of guanidine groups is 1. The minimum Gasteiger partial charge on any atom is -0.370 e. The molecule has 8 heteroatoms. The van der Waals surface area contributed by atoms with Crippen LogP contribution in [-0.2, 0) is 6.42 Å². The highest BCUT2D eigenvalue weighted by atomic mass is 35.5. The van der Waals surface area contributed by atoms with Crippen LogP contribution >= 0.6 is 11.6 Å². The number of aromatic nitrogens is 3. The van der Waals surface area contributed by atoms with Crippen molar-refractivity contribution in [1.82, 2.24) is 20.5 Å². The van der Waals surface area contributed by atoms with Crippen LogP contribution < -0.4 is 16.4 Å². The fourth-order valence-corrected chi connectivity index (χ4v) is 3.30. The van der Waals surface area contributed by atoms with E-state index >= 15 is 0 Å². The fourth-order valence-electron chi connectivity index (χ4n) is 3.12. The molecule has 4 rings (SSSR count). The Morgan fingerprint density at radius 1 is 1.19 bits per heavy atom. The lowest BCUT2D eigenvalue weighted by Crippen LogP contribution is -2.31. The lowest BCUT2D eigenvalue weighted by Gasteiger charge is -2.10. The zero-order chi connectivity index (χ0) is 18.1. The third-order valence-corrected chi connectivity index (χ3v) is 4.47. The van der Waals surface area contributed by atoms with Gasteiger partial charge in [0.15, 0.2) is 11.8 Å². The summed E-state index contributed by atoms with van der Waals surface area (Å²) >= 11 is 6.20. The molecule has 0 aliphatic rings. The van der Waals surface area contributed by atoms with Gasteiger partial charge in [-0.15, -0.1) is 0 Å². The summed E-state index contributed by atoms with van der Waals surface area (Å²) in [6, 6.07) is 11.9. The Morgan fingerprint density at radius 2 is 2.08 bits per heavy atom. The first-order valence-electron chi connectivity index (χ1n) is 8.19. The highest BCUT2D eigenvalue weighted by molar-refractivity contribution is 6.31. The second kappa shape index (κ2) is 6.61. The molecule has 0 aliphatic heterocycles. The maximum atomic E-state index is 7.33. The van der Waals surface area contributed by atoms with Crippen LogP contribution in [0.25, 0.3) is 21.8 Å². The van der Waals surface area contributed by atoms with Gasteiger partial charge in [0.2, 0.25) is 0 Å². The van der Waals surface area contributed by atoms with Crippen LogP contribution in [0.15, 0.2) is 42.6 Å². The van der Waals surface area contributed by atoms with Gasteiger partial charge in [0.1, 0.15) is 0 Å². The Labute approximate surface area is 154 Å². The first-order chi connectivity index (χ1) is 12.6. The minimum atomic E-state index is -0.0320. The number of aromatic amines is 2. The molecular weight excluding hydrogens is 350 g/mol. The standard InChI is InChI=1S/C18H18ClN7/c19-11-1-2-15-13(8-11)14-9-12(24-16-4-6-23-26-16)7-10(17(14)25-15)3-5-22-18(20)21/h1-2,4,6-9,25H,3,5H2,(H4,20,21,22)(H2,23,24,26). The van der Waals surface area contributed by atoms with Crippen LogP contribution in [0.3, 0.4) is 0 Å². The van der Waals surface area contributed by atoms with Crippen molar-refractivity contribution < 1.29 is 0 Å². The molecule has 0 atom stereocenters. The van der Waals surface area contributed by atoms with Crippen molar-refractivity contribution in [3.63, 3.8) is 0 Å². The summed E-state index contributed by atoms with van der Waals surface area (Å²) in [6.07, 6.45) is 2.48. The van der Waals surface area contributed by atoms with Gasteiger partial charge in [0, 0.05) is 51.3 Å². The molecule has 0 saturated heterocycles. The van der Waals surface area contributed by atoms with Crippen molar-refractivity contribution in [2.45, 2.75) is 6.42 Å². The van der Waals surface area contributed by atoms with E-state index in [1.165, 1.54) is 0 Å². The van der Waals surface area contributed by atoms with Crippen LogP contribution in [0.2, 0.25) is 5.02 Å². The predicted molar refractivity (Wildman–Crippen MR) is 106 cm³/mol. The van der Waals surface area contributed by atoms with E-state index in [9.17, 15) is 0 Å². The topological polar surface area (TPSA) is 118 Å². The average Bonchev–Trinajstić information content (AvgIpc) is 3.22. The third-order valence-electron chi connectivity index (χ3n) is 4.23. The van der Waals surface area contributed by atoms with E-state index in [2.05, 4.69) is 37.9 Å². The molecule has 2 aromatic carbocycles. The van der Waals surface area contributed by atoms with Crippen molar-refractivity contribution in [2.24, 2.45) is 5.73 Å². The molecule has 0 radical (unpaired) electrons. The Bertz CT molecular complexity index is 1080. The van der Waals surface area contributed by atoms with Gasteiger partial charge >= 0.3 is 0 Å². The first-order valence-corrected chi connectivity index (χ1v) is 8.56. The maximum absolute atomic E-state index is 7.33. The molecule has 0 amide bonds. The zero-order valence-corrected chi connectivity index (χ0v) is 14.6. The van der Waals surface area contributed by atoms with E-state index in [1.54, 1.807) is 6.20 Å². The van der Waals surface area contributed by atoms with E-state index < -0.39 is 0 Å². The molecule has 0 unspecified atom stereocenters. The smallest absolute Gasteiger partial charge is 0.185 e. The fraction of sp³-hybridized carbons (Fsp3) is 0.111. The molecule has 0 aliphatic carbocycles. The summed E-state index contributed by atoms with van der Waals surface area (Å²) in [4.78, 5) is 3.48. The number of hydrogen-bond acceptors (Lipinski definition) is 3. The molecule has 132 valence electrons. The number of hydrogen-bond donors (Lipinski definition) is 6. The first kappa shape index (κ1) is 16.3. The molecule has 7 nitrogen and oxygen atoms in total. The molecule has 7 N–H and O–H groups in total. The normalized spacial score (nSPS) is 11.1. The van der Waals surface area contributed by atoms with Crippen LogP contribution in [0, 0.1) is 5.41 Å². The number of fused-ring (bicyclic) bond motifs is 3. The predicted octanol–water partition coefficient (Wildman–Crippen LogP) is 3.47. The van der Waals surface area contributed by atoms with Gasteiger partial charge < -0.3 is 21.4 Å². The summed E-state index contributed by atoms with van der Waals surface area (Å²) in [6.45, 7) is 0.576. The summed E-state index contributed by atoms with van der Waals surface area (Å²) in [7, 11) is 0. The van der Waals surface area contributed by atoms with E-state index in [1.807, 2.05) is 24.3 Å². The molecule has 0 fully saturated rings. The molecule has 4 aromatic rings. The number of H-pyrrole nitrogens is 2. The monoisotopic (exact) mass is 367 g/mol. The summed E-state index contributed by atoms with van der Waals surface area (Å²) in [5, 5.41) is 23.3. The summed E-state index contributed by atoms with van der Waals surface area (Å²) < 4.78 is 0. The molecule has 26 heavy (non-hydrogen) atoms. The van der Waals surface area contributed by atoms with Crippen molar-refractivity contribution in [1.29, 1.82) is 5.41 Å². The lowest BCUT2D eigenvalue weighted by atomic mass is 10.0. The van der Waals surface area contributed by atoms with Gasteiger partial charge in [-0.25, -0.2) is 0 Å². The Kier molecular flexibility index (Phi) is 4.14. The molecular formula is C18H18ClN7. The van der Waals surface area contributed by atoms with Crippen molar-refractivity contribution in [3.8, 4) is 0 Å². The number of nitrogens with two attached hydrogens (primary N) is 1. The SMILES string of the molecule is N=C(N)NCCc1cc(Nc2cc[nH]n2)cc2c1[nH]c1ccc(Cl)cc12. The summed E-state index contributed by atoms with van der Waals surface area (Å²) in [5.74, 6) is 0.713. The third kappa shape index (κ3) is 3.16. The average molecular weight is 368 g/mol. The van der Waals surface area contributed by atoms with Crippen molar-refractivity contribution >= 4 is 50.9 Å². The van der Waals surface area contributed by atoms with Crippen molar-refractivity contribution in [2.75, 3.05) is 11.9 Å². The number of nitrogens with one attached hydrogen (secondary N) is 5. The molecule has 0 bridgehead atoms.